The minimum absolute atomic E-state index is 0.0115. The molecule has 2 rings (SSSR count). The van der Waals surface area contributed by atoms with E-state index in [9.17, 15) is 8.42 Å². The standard InChI is InChI=1S/C12H13ClN4O2S/c1-14-12-11(13)6-10(8-16-12)20(18,19)17-7-9-4-2-3-5-15-9/h2-6,8,17H,7H2,1H3,(H,14,16). The highest BCUT2D eigenvalue weighted by molar-refractivity contribution is 7.89. The number of halogens is 1. The van der Waals surface area contributed by atoms with Gasteiger partial charge in [-0.3, -0.25) is 4.98 Å². The van der Waals surface area contributed by atoms with Gasteiger partial charge in [0.15, 0.2) is 0 Å². The molecule has 0 aliphatic heterocycles. The SMILES string of the molecule is CNc1ncc(S(=O)(=O)NCc2ccccn2)cc1Cl. The van der Waals surface area contributed by atoms with Crippen molar-refractivity contribution in [3.63, 3.8) is 0 Å². The zero-order valence-corrected chi connectivity index (χ0v) is 12.2. The fourth-order valence-electron chi connectivity index (χ4n) is 1.51. The lowest BCUT2D eigenvalue weighted by atomic mass is 10.4. The van der Waals surface area contributed by atoms with Crippen LogP contribution in [0.2, 0.25) is 5.02 Å². The first-order valence-electron chi connectivity index (χ1n) is 5.76. The molecule has 0 radical (unpaired) electrons. The third-order valence-corrected chi connectivity index (χ3v) is 4.19. The molecule has 2 N–H and O–H groups in total. The molecule has 6 nitrogen and oxygen atoms in total. The summed E-state index contributed by atoms with van der Waals surface area (Å²) in [6.07, 6.45) is 2.85. The van der Waals surface area contributed by atoms with Crippen molar-refractivity contribution in [2.75, 3.05) is 12.4 Å². The van der Waals surface area contributed by atoms with Crippen LogP contribution in [0.3, 0.4) is 0 Å². The van der Waals surface area contributed by atoms with Crippen LogP contribution in [0.4, 0.5) is 5.82 Å². The minimum Gasteiger partial charge on any atom is -0.372 e. The van der Waals surface area contributed by atoms with Gasteiger partial charge in [0.2, 0.25) is 10.0 Å². The average Bonchev–Trinajstić information content (AvgIpc) is 2.46. The smallest absolute Gasteiger partial charge is 0.242 e. The molecule has 2 aromatic heterocycles. The summed E-state index contributed by atoms with van der Waals surface area (Å²) >= 11 is 5.92. The van der Waals surface area contributed by atoms with Crippen molar-refractivity contribution in [1.29, 1.82) is 0 Å². The number of hydrogen-bond donors (Lipinski definition) is 2. The maximum Gasteiger partial charge on any atom is 0.242 e. The molecule has 0 aliphatic rings. The molecule has 0 unspecified atom stereocenters. The number of sulfonamides is 1. The summed E-state index contributed by atoms with van der Waals surface area (Å²) in [6, 6.07) is 6.63. The summed E-state index contributed by atoms with van der Waals surface area (Å²) in [5.74, 6) is 0.426. The van der Waals surface area contributed by atoms with E-state index in [0.717, 1.165) is 0 Å². The number of anilines is 1. The topological polar surface area (TPSA) is 84.0 Å². The maximum absolute atomic E-state index is 12.1. The highest BCUT2D eigenvalue weighted by Crippen LogP contribution is 2.21. The molecule has 0 saturated heterocycles. The molecule has 0 aliphatic carbocycles. The molecule has 0 amide bonds. The van der Waals surface area contributed by atoms with Crippen LogP contribution in [-0.4, -0.2) is 25.4 Å². The number of hydrogen-bond acceptors (Lipinski definition) is 5. The third kappa shape index (κ3) is 3.44. The van der Waals surface area contributed by atoms with Crippen molar-refractivity contribution in [3.8, 4) is 0 Å². The van der Waals surface area contributed by atoms with Crippen LogP contribution in [0, 0.1) is 0 Å². The predicted octanol–water partition coefficient (Wildman–Crippen LogP) is 1.65. The number of nitrogens with one attached hydrogen (secondary N) is 2. The monoisotopic (exact) mass is 312 g/mol. The molecule has 0 fully saturated rings. The summed E-state index contributed by atoms with van der Waals surface area (Å²) in [4.78, 5) is 7.99. The summed E-state index contributed by atoms with van der Waals surface area (Å²) in [5, 5.41) is 3.01. The van der Waals surface area contributed by atoms with Crippen LogP contribution in [0.25, 0.3) is 0 Å². The van der Waals surface area contributed by atoms with E-state index < -0.39 is 10.0 Å². The molecule has 0 aromatic carbocycles. The van der Waals surface area contributed by atoms with Crippen LogP contribution >= 0.6 is 11.6 Å². The Hall–Kier alpha value is -1.70. The summed E-state index contributed by atoms with van der Waals surface area (Å²) in [6.45, 7) is 0.106. The highest BCUT2D eigenvalue weighted by atomic mass is 35.5. The van der Waals surface area contributed by atoms with E-state index in [2.05, 4.69) is 20.0 Å². The zero-order chi connectivity index (χ0) is 14.6. The van der Waals surface area contributed by atoms with E-state index in [1.54, 1.807) is 31.4 Å². The quantitative estimate of drug-likeness (QED) is 0.877. The number of rotatable bonds is 5. The second-order valence-corrected chi connectivity index (χ2v) is 6.07. The van der Waals surface area contributed by atoms with Crippen molar-refractivity contribution in [1.82, 2.24) is 14.7 Å². The molecule has 2 aromatic rings. The van der Waals surface area contributed by atoms with Gasteiger partial charge in [0.25, 0.3) is 0 Å². The van der Waals surface area contributed by atoms with Gasteiger partial charge in [0.05, 0.1) is 17.3 Å². The van der Waals surface area contributed by atoms with E-state index in [-0.39, 0.29) is 16.5 Å². The molecule has 20 heavy (non-hydrogen) atoms. The first-order valence-corrected chi connectivity index (χ1v) is 7.62. The van der Waals surface area contributed by atoms with E-state index >= 15 is 0 Å². The second kappa shape index (κ2) is 6.17. The fraction of sp³-hybridized carbons (Fsp3) is 0.167. The van der Waals surface area contributed by atoms with Crippen molar-refractivity contribution >= 4 is 27.4 Å². The Morgan fingerprint density at radius 3 is 2.70 bits per heavy atom. The molecule has 8 heteroatoms. The Kier molecular flexibility index (Phi) is 4.53. The van der Waals surface area contributed by atoms with E-state index in [4.69, 9.17) is 11.6 Å². The first kappa shape index (κ1) is 14.7. The van der Waals surface area contributed by atoms with Crippen LogP contribution < -0.4 is 10.0 Å². The second-order valence-electron chi connectivity index (χ2n) is 3.90. The average molecular weight is 313 g/mol. The number of nitrogens with zero attached hydrogens (tertiary/aromatic N) is 2. The van der Waals surface area contributed by atoms with Crippen molar-refractivity contribution < 1.29 is 8.42 Å². The molecule has 106 valence electrons. The Labute approximate surface area is 122 Å². The summed E-state index contributed by atoms with van der Waals surface area (Å²) < 4.78 is 26.6. The largest absolute Gasteiger partial charge is 0.372 e. The Morgan fingerprint density at radius 1 is 1.30 bits per heavy atom. The Balaban J connectivity index is 2.16. The normalized spacial score (nSPS) is 11.3. The number of aromatic nitrogens is 2. The van der Waals surface area contributed by atoms with Crippen molar-refractivity contribution in [3.05, 3.63) is 47.4 Å². The predicted molar refractivity (Wildman–Crippen MR) is 77.1 cm³/mol. The van der Waals surface area contributed by atoms with Crippen molar-refractivity contribution in [2.45, 2.75) is 11.4 Å². The Morgan fingerprint density at radius 2 is 2.10 bits per heavy atom. The van der Waals surface area contributed by atoms with Gasteiger partial charge in [-0.05, 0) is 18.2 Å². The van der Waals surface area contributed by atoms with Crippen LogP contribution in [0.15, 0.2) is 41.6 Å². The third-order valence-electron chi connectivity index (χ3n) is 2.53. The summed E-state index contributed by atoms with van der Waals surface area (Å²) in [7, 11) is -2.02. The van der Waals surface area contributed by atoms with Crippen molar-refractivity contribution in [2.24, 2.45) is 0 Å². The van der Waals surface area contributed by atoms with Crippen LogP contribution in [0.5, 0.6) is 0 Å². The van der Waals surface area contributed by atoms with E-state index in [0.29, 0.717) is 11.5 Å². The maximum atomic E-state index is 12.1. The fourth-order valence-corrected chi connectivity index (χ4v) is 2.80. The Bertz CT molecular complexity index is 692. The van der Waals surface area contributed by atoms with Gasteiger partial charge >= 0.3 is 0 Å². The van der Waals surface area contributed by atoms with Gasteiger partial charge < -0.3 is 5.32 Å². The molecule has 0 bridgehead atoms. The van der Waals surface area contributed by atoms with Gasteiger partial charge in [-0.2, -0.15) is 0 Å². The van der Waals surface area contributed by atoms with Crippen LogP contribution in [-0.2, 0) is 16.6 Å². The molecule has 2 heterocycles. The van der Waals surface area contributed by atoms with Gasteiger partial charge in [0.1, 0.15) is 10.7 Å². The van der Waals surface area contributed by atoms with Gasteiger partial charge in [0, 0.05) is 19.4 Å². The highest BCUT2D eigenvalue weighted by Gasteiger charge is 2.16. The molecule has 0 spiro atoms. The lowest BCUT2D eigenvalue weighted by molar-refractivity contribution is 0.580. The minimum atomic E-state index is -3.67. The van der Waals surface area contributed by atoms with E-state index in [1.807, 2.05) is 0 Å². The lowest BCUT2D eigenvalue weighted by Crippen LogP contribution is -2.24. The number of pyridine rings is 2. The van der Waals surface area contributed by atoms with Crippen LogP contribution in [0.1, 0.15) is 5.69 Å². The summed E-state index contributed by atoms with van der Waals surface area (Å²) in [5.41, 5.74) is 0.627. The first-order chi connectivity index (χ1) is 9.53. The van der Waals surface area contributed by atoms with Gasteiger partial charge in [-0.1, -0.05) is 17.7 Å². The van der Waals surface area contributed by atoms with Gasteiger partial charge in [-0.25, -0.2) is 18.1 Å². The van der Waals surface area contributed by atoms with Gasteiger partial charge in [-0.15, -0.1) is 0 Å². The van der Waals surface area contributed by atoms with E-state index in [1.165, 1.54) is 12.3 Å². The molecular weight excluding hydrogens is 300 g/mol. The molecule has 0 atom stereocenters. The molecular formula is C12H13ClN4O2S. The zero-order valence-electron chi connectivity index (χ0n) is 10.7. The lowest BCUT2D eigenvalue weighted by Gasteiger charge is -2.08. The molecule has 0 saturated carbocycles.